The van der Waals surface area contributed by atoms with Crippen LogP contribution in [0.15, 0.2) is 41.9 Å². The second kappa shape index (κ2) is 6.20. The highest BCUT2D eigenvalue weighted by Crippen LogP contribution is 2.15. The van der Waals surface area contributed by atoms with Crippen LogP contribution in [0.5, 0.6) is 0 Å². The van der Waals surface area contributed by atoms with Gasteiger partial charge in [-0.25, -0.2) is 4.98 Å². The van der Waals surface area contributed by atoms with E-state index in [1.165, 1.54) is 11.8 Å². The number of aromatic nitrogens is 3. The fourth-order valence-electron chi connectivity index (χ4n) is 1.51. The molecule has 2 aromatic heterocycles. The van der Waals surface area contributed by atoms with Crippen molar-refractivity contribution in [3.05, 3.63) is 42.5 Å². The van der Waals surface area contributed by atoms with Gasteiger partial charge in [0.1, 0.15) is 0 Å². The number of hydrogen-bond donors (Lipinski definition) is 1. The van der Waals surface area contributed by atoms with E-state index in [0.717, 1.165) is 23.8 Å². The number of nitrogens with zero attached hydrogens (tertiary/aromatic N) is 3. The molecule has 0 amide bonds. The van der Waals surface area contributed by atoms with Gasteiger partial charge in [0.25, 0.3) is 0 Å². The molecule has 2 rings (SSSR count). The van der Waals surface area contributed by atoms with Gasteiger partial charge >= 0.3 is 5.97 Å². The van der Waals surface area contributed by atoms with Crippen LogP contribution >= 0.6 is 11.8 Å². The molecule has 2 heterocycles. The molecule has 0 aliphatic carbocycles. The zero-order valence-electron chi connectivity index (χ0n) is 9.69. The van der Waals surface area contributed by atoms with Crippen molar-refractivity contribution in [3.8, 4) is 0 Å². The molecule has 6 heteroatoms. The Labute approximate surface area is 109 Å². The predicted molar refractivity (Wildman–Crippen MR) is 68.5 cm³/mol. The minimum Gasteiger partial charge on any atom is -0.481 e. The van der Waals surface area contributed by atoms with Crippen molar-refractivity contribution >= 4 is 17.7 Å². The Morgan fingerprint density at radius 1 is 1.33 bits per heavy atom. The number of rotatable bonds is 6. The van der Waals surface area contributed by atoms with Crippen LogP contribution in [0.3, 0.4) is 0 Å². The topological polar surface area (TPSA) is 68.0 Å². The Kier molecular flexibility index (Phi) is 4.35. The van der Waals surface area contributed by atoms with Crippen molar-refractivity contribution in [3.63, 3.8) is 0 Å². The second-order valence-electron chi connectivity index (χ2n) is 3.66. The van der Waals surface area contributed by atoms with Gasteiger partial charge in [-0.2, -0.15) is 0 Å². The summed E-state index contributed by atoms with van der Waals surface area (Å²) >= 11 is 1.23. The van der Waals surface area contributed by atoms with Gasteiger partial charge in [0.15, 0.2) is 5.16 Å². The monoisotopic (exact) mass is 263 g/mol. The Hall–Kier alpha value is -1.82. The van der Waals surface area contributed by atoms with Gasteiger partial charge in [-0.1, -0.05) is 17.8 Å². The summed E-state index contributed by atoms with van der Waals surface area (Å²) in [7, 11) is 0. The molecule has 0 unspecified atom stereocenters. The van der Waals surface area contributed by atoms with Gasteiger partial charge in [0, 0.05) is 37.3 Å². The first-order valence-electron chi connectivity index (χ1n) is 5.51. The Morgan fingerprint density at radius 2 is 2.22 bits per heavy atom. The summed E-state index contributed by atoms with van der Waals surface area (Å²) in [6.07, 6.45) is 6.11. The van der Waals surface area contributed by atoms with Crippen molar-refractivity contribution in [2.24, 2.45) is 0 Å². The highest BCUT2D eigenvalue weighted by atomic mass is 32.2. The molecule has 5 nitrogen and oxygen atoms in total. The van der Waals surface area contributed by atoms with E-state index in [1.54, 1.807) is 12.4 Å². The maximum absolute atomic E-state index is 10.5. The van der Waals surface area contributed by atoms with Crippen LogP contribution in [0.2, 0.25) is 0 Å². The molecule has 0 atom stereocenters. The lowest BCUT2D eigenvalue weighted by Crippen LogP contribution is -2.05. The number of imidazole rings is 1. The van der Waals surface area contributed by atoms with E-state index in [9.17, 15) is 4.79 Å². The third kappa shape index (κ3) is 3.59. The molecule has 0 saturated carbocycles. The summed E-state index contributed by atoms with van der Waals surface area (Å²) < 4.78 is 1.95. The lowest BCUT2D eigenvalue weighted by atomic mass is 10.3. The van der Waals surface area contributed by atoms with Gasteiger partial charge in [0.05, 0.1) is 5.75 Å². The van der Waals surface area contributed by atoms with E-state index in [0.29, 0.717) is 0 Å². The van der Waals surface area contributed by atoms with Crippen LogP contribution in [-0.4, -0.2) is 31.4 Å². The number of thioether (sulfide) groups is 1. The zero-order valence-corrected chi connectivity index (χ0v) is 10.5. The first-order valence-corrected chi connectivity index (χ1v) is 6.50. The normalized spacial score (nSPS) is 10.4. The molecule has 0 aliphatic heterocycles. The van der Waals surface area contributed by atoms with Gasteiger partial charge < -0.3 is 9.67 Å². The summed E-state index contributed by atoms with van der Waals surface area (Å²) in [6.45, 7) is 0.749. The van der Waals surface area contributed by atoms with E-state index >= 15 is 0 Å². The molecule has 0 aliphatic rings. The zero-order chi connectivity index (χ0) is 12.8. The maximum Gasteiger partial charge on any atom is 0.313 e. The van der Waals surface area contributed by atoms with Crippen molar-refractivity contribution < 1.29 is 9.90 Å². The average molecular weight is 263 g/mol. The van der Waals surface area contributed by atoms with E-state index < -0.39 is 5.97 Å². The van der Waals surface area contributed by atoms with Crippen LogP contribution in [0.4, 0.5) is 0 Å². The molecule has 0 radical (unpaired) electrons. The first kappa shape index (κ1) is 12.6. The number of pyridine rings is 1. The van der Waals surface area contributed by atoms with Crippen LogP contribution < -0.4 is 0 Å². The number of aliphatic carboxylic acids is 1. The Morgan fingerprint density at radius 3 is 2.94 bits per heavy atom. The SMILES string of the molecule is O=C(O)CSc1nccn1CCc1ccccn1. The molecule has 94 valence electrons. The van der Waals surface area contributed by atoms with Gasteiger partial charge in [-0.05, 0) is 12.1 Å². The first-order chi connectivity index (χ1) is 8.75. The fourth-order valence-corrected chi connectivity index (χ4v) is 2.22. The Bertz CT molecular complexity index is 513. The third-order valence-corrected chi connectivity index (χ3v) is 3.33. The van der Waals surface area contributed by atoms with E-state index in [2.05, 4.69) is 9.97 Å². The number of carboxylic acid groups (broad SMARTS) is 1. The third-order valence-electron chi connectivity index (χ3n) is 2.34. The quantitative estimate of drug-likeness (QED) is 0.803. The smallest absolute Gasteiger partial charge is 0.313 e. The summed E-state index contributed by atoms with van der Waals surface area (Å²) in [5, 5.41) is 9.37. The highest BCUT2D eigenvalue weighted by molar-refractivity contribution is 7.99. The van der Waals surface area contributed by atoms with Gasteiger partial charge in [-0.15, -0.1) is 0 Å². The molecule has 0 spiro atoms. The molecular weight excluding hydrogens is 250 g/mol. The summed E-state index contributed by atoms with van der Waals surface area (Å²) in [5.74, 6) is -0.806. The summed E-state index contributed by atoms with van der Waals surface area (Å²) in [4.78, 5) is 18.9. The van der Waals surface area contributed by atoms with E-state index in [1.807, 2.05) is 29.0 Å². The standard InChI is InChI=1S/C12H13N3O2S/c16-11(17)9-18-12-14-6-8-15(12)7-4-10-3-1-2-5-13-10/h1-3,5-6,8H,4,7,9H2,(H,16,17). The van der Waals surface area contributed by atoms with E-state index in [4.69, 9.17) is 5.11 Å². The van der Waals surface area contributed by atoms with Crippen LogP contribution in [0.25, 0.3) is 0 Å². The second-order valence-corrected chi connectivity index (χ2v) is 4.60. The van der Waals surface area contributed by atoms with Gasteiger partial charge in [-0.3, -0.25) is 9.78 Å². The molecule has 18 heavy (non-hydrogen) atoms. The lowest BCUT2D eigenvalue weighted by molar-refractivity contribution is -0.133. The minimum atomic E-state index is -0.834. The van der Waals surface area contributed by atoms with Crippen LogP contribution in [0.1, 0.15) is 5.69 Å². The number of carbonyl (C=O) groups is 1. The van der Waals surface area contributed by atoms with E-state index in [-0.39, 0.29) is 5.75 Å². The molecular formula is C12H13N3O2S. The Balaban J connectivity index is 1.93. The van der Waals surface area contributed by atoms with Gasteiger partial charge in [0.2, 0.25) is 0 Å². The van der Waals surface area contributed by atoms with Crippen molar-refractivity contribution in [1.29, 1.82) is 0 Å². The molecule has 0 bridgehead atoms. The molecule has 0 fully saturated rings. The van der Waals surface area contributed by atoms with Crippen molar-refractivity contribution in [1.82, 2.24) is 14.5 Å². The van der Waals surface area contributed by atoms with Crippen molar-refractivity contribution in [2.75, 3.05) is 5.75 Å². The minimum absolute atomic E-state index is 0.0284. The average Bonchev–Trinajstić information content (AvgIpc) is 2.82. The maximum atomic E-state index is 10.5. The number of aryl methyl sites for hydroxylation is 2. The van der Waals surface area contributed by atoms with Crippen LogP contribution in [-0.2, 0) is 17.8 Å². The van der Waals surface area contributed by atoms with Crippen LogP contribution in [0, 0.1) is 0 Å². The molecule has 2 aromatic rings. The fraction of sp³-hybridized carbons (Fsp3) is 0.250. The highest BCUT2D eigenvalue weighted by Gasteiger charge is 2.06. The largest absolute Gasteiger partial charge is 0.481 e. The molecule has 1 N–H and O–H groups in total. The predicted octanol–water partition coefficient (Wildman–Crippen LogP) is 1.70. The molecule has 0 saturated heterocycles. The lowest BCUT2D eigenvalue weighted by Gasteiger charge is -2.06. The van der Waals surface area contributed by atoms with Crippen molar-refractivity contribution in [2.45, 2.75) is 18.1 Å². The number of carboxylic acids is 1. The molecule has 0 aromatic carbocycles. The summed E-state index contributed by atoms with van der Waals surface area (Å²) in [5.41, 5.74) is 1.01. The number of hydrogen-bond acceptors (Lipinski definition) is 4. The summed E-state index contributed by atoms with van der Waals surface area (Å²) in [6, 6.07) is 5.81.